The van der Waals surface area contributed by atoms with Gasteiger partial charge in [0.1, 0.15) is 5.65 Å². The standard InChI is InChI=1S/C20H16N6.C2H6/c1-13-20-23-19(24-26(20)11-9-21-13)16-8-10-25-14(2)18(22-17(25)12-16)15-6-4-3-5-7-15;1-2/h3-12H,1-2H3;1-2H3. The van der Waals surface area contributed by atoms with Gasteiger partial charge in [-0.1, -0.05) is 44.2 Å². The van der Waals surface area contributed by atoms with Gasteiger partial charge in [-0.3, -0.25) is 4.98 Å². The molecule has 0 bridgehead atoms. The van der Waals surface area contributed by atoms with Crippen molar-refractivity contribution in [3.63, 3.8) is 0 Å². The third-order valence-corrected chi connectivity index (χ3v) is 4.60. The summed E-state index contributed by atoms with van der Waals surface area (Å²) < 4.78 is 3.85. The van der Waals surface area contributed by atoms with Crippen LogP contribution in [0.4, 0.5) is 0 Å². The maximum absolute atomic E-state index is 4.83. The van der Waals surface area contributed by atoms with Crippen LogP contribution >= 0.6 is 0 Å². The first-order valence-corrected chi connectivity index (χ1v) is 9.43. The van der Waals surface area contributed by atoms with Crippen LogP contribution in [0.1, 0.15) is 25.2 Å². The lowest BCUT2D eigenvalue weighted by atomic mass is 10.1. The molecule has 0 aliphatic carbocycles. The van der Waals surface area contributed by atoms with Crippen LogP contribution in [0.5, 0.6) is 0 Å². The van der Waals surface area contributed by atoms with Crippen LogP contribution in [0.2, 0.25) is 0 Å². The molecule has 140 valence electrons. The molecule has 6 nitrogen and oxygen atoms in total. The van der Waals surface area contributed by atoms with Gasteiger partial charge in [-0.2, -0.15) is 0 Å². The van der Waals surface area contributed by atoms with E-state index < -0.39 is 0 Å². The highest BCUT2D eigenvalue weighted by atomic mass is 15.3. The Labute approximate surface area is 163 Å². The van der Waals surface area contributed by atoms with Gasteiger partial charge < -0.3 is 4.40 Å². The van der Waals surface area contributed by atoms with Crippen molar-refractivity contribution in [2.24, 2.45) is 0 Å². The highest BCUT2D eigenvalue weighted by Crippen LogP contribution is 2.26. The third-order valence-electron chi connectivity index (χ3n) is 4.60. The van der Waals surface area contributed by atoms with E-state index in [4.69, 9.17) is 4.98 Å². The van der Waals surface area contributed by atoms with E-state index >= 15 is 0 Å². The number of imidazole rings is 1. The van der Waals surface area contributed by atoms with E-state index in [1.165, 1.54) is 0 Å². The number of nitrogens with zero attached hydrogens (tertiary/aromatic N) is 6. The molecule has 0 saturated heterocycles. The normalized spacial score (nSPS) is 10.9. The minimum absolute atomic E-state index is 0.672. The largest absolute Gasteiger partial charge is 0.304 e. The molecule has 4 aromatic heterocycles. The maximum Gasteiger partial charge on any atom is 0.182 e. The summed E-state index contributed by atoms with van der Waals surface area (Å²) in [6.45, 7) is 8.02. The van der Waals surface area contributed by atoms with Gasteiger partial charge in [-0.25, -0.2) is 14.5 Å². The van der Waals surface area contributed by atoms with Crippen LogP contribution in [-0.2, 0) is 0 Å². The molecular formula is C22H22N6. The van der Waals surface area contributed by atoms with Gasteiger partial charge in [0.25, 0.3) is 0 Å². The lowest BCUT2D eigenvalue weighted by molar-refractivity contribution is 0.937. The summed E-state index contributed by atoms with van der Waals surface area (Å²) in [5, 5.41) is 4.57. The predicted octanol–water partition coefficient (Wildman–Crippen LogP) is 4.75. The van der Waals surface area contributed by atoms with E-state index in [0.717, 1.165) is 39.5 Å². The van der Waals surface area contributed by atoms with Crippen molar-refractivity contribution in [2.75, 3.05) is 0 Å². The average Bonchev–Trinajstić information content (AvgIpc) is 3.32. The number of hydrogen-bond acceptors (Lipinski definition) is 4. The minimum atomic E-state index is 0.672. The molecule has 0 atom stereocenters. The number of pyridine rings is 1. The smallest absolute Gasteiger partial charge is 0.182 e. The van der Waals surface area contributed by atoms with Gasteiger partial charge >= 0.3 is 0 Å². The van der Waals surface area contributed by atoms with Crippen LogP contribution in [0.3, 0.4) is 0 Å². The summed E-state index contributed by atoms with van der Waals surface area (Å²) in [4.78, 5) is 13.7. The Hall–Kier alpha value is -3.54. The van der Waals surface area contributed by atoms with Gasteiger partial charge in [-0.15, -0.1) is 5.10 Å². The highest BCUT2D eigenvalue weighted by molar-refractivity contribution is 5.70. The van der Waals surface area contributed by atoms with Crippen molar-refractivity contribution >= 4 is 11.3 Å². The zero-order valence-electron chi connectivity index (χ0n) is 16.5. The van der Waals surface area contributed by atoms with Crippen molar-refractivity contribution in [1.29, 1.82) is 0 Å². The first-order chi connectivity index (χ1) is 13.7. The molecule has 0 spiro atoms. The minimum Gasteiger partial charge on any atom is -0.304 e. The zero-order valence-corrected chi connectivity index (χ0v) is 16.5. The molecule has 0 saturated carbocycles. The summed E-state index contributed by atoms with van der Waals surface area (Å²) in [7, 11) is 0. The second kappa shape index (κ2) is 7.23. The van der Waals surface area contributed by atoms with E-state index in [2.05, 4.69) is 38.5 Å². The van der Waals surface area contributed by atoms with Gasteiger partial charge in [-0.05, 0) is 26.0 Å². The van der Waals surface area contributed by atoms with Gasteiger partial charge in [0.2, 0.25) is 0 Å². The van der Waals surface area contributed by atoms with Crippen molar-refractivity contribution in [2.45, 2.75) is 27.7 Å². The van der Waals surface area contributed by atoms with E-state index in [1.54, 1.807) is 10.7 Å². The quantitative estimate of drug-likeness (QED) is 0.450. The maximum atomic E-state index is 4.83. The molecule has 0 aliphatic heterocycles. The topological polar surface area (TPSA) is 60.4 Å². The molecule has 1 aromatic carbocycles. The summed E-state index contributed by atoms with van der Waals surface area (Å²) in [5.74, 6) is 0.672. The van der Waals surface area contributed by atoms with E-state index in [9.17, 15) is 0 Å². The van der Waals surface area contributed by atoms with Crippen molar-refractivity contribution < 1.29 is 0 Å². The van der Waals surface area contributed by atoms with Gasteiger partial charge in [0.05, 0.1) is 11.4 Å². The zero-order chi connectivity index (χ0) is 19.7. The Morgan fingerprint density at radius 3 is 2.39 bits per heavy atom. The van der Waals surface area contributed by atoms with Crippen LogP contribution < -0.4 is 0 Å². The average molecular weight is 370 g/mol. The Kier molecular flexibility index (Phi) is 4.61. The first kappa shape index (κ1) is 17.9. The molecule has 6 heteroatoms. The number of benzene rings is 1. The lowest BCUT2D eigenvalue weighted by Gasteiger charge is -2.00. The molecule has 0 aliphatic rings. The molecule has 0 radical (unpaired) electrons. The second-order valence-corrected chi connectivity index (χ2v) is 6.27. The van der Waals surface area contributed by atoms with Crippen LogP contribution in [0, 0.1) is 13.8 Å². The summed E-state index contributed by atoms with van der Waals surface area (Å²) in [6, 6.07) is 14.3. The van der Waals surface area contributed by atoms with Crippen molar-refractivity contribution in [1.82, 2.24) is 29.0 Å². The van der Waals surface area contributed by atoms with Crippen molar-refractivity contribution in [3.05, 3.63) is 72.4 Å². The Bertz CT molecular complexity index is 1250. The molecule has 0 N–H and O–H groups in total. The predicted molar refractivity (Wildman–Crippen MR) is 111 cm³/mol. The van der Waals surface area contributed by atoms with Crippen LogP contribution in [0.25, 0.3) is 33.9 Å². The van der Waals surface area contributed by atoms with Crippen LogP contribution in [0.15, 0.2) is 61.1 Å². The fourth-order valence-electron chi connectivity index (χ4n) is 3.24. The third kappa shape index (κ3) is 2.93. The van der Waals surface area contributed by atoms with E-state index in [1.807, 2.05) is 63.5 Å². The summed E-state index contributed by atoms with van der Waals surface area (Å²) in [6.07, 6.45) is 5.56. The van der Waals surface area contributed by atoms with E-state index in [0.29, 0.717) is 5.82 Å². The molecule has 0 fully saturated rings. The summed E-state index contributed by atoms with van der Waals surface area (Å²) >= 11 is 0. The molecule has 0 amide bonds. The SMILES string of the molecule is CC.Cc1nccn2nc(-c3ccn4c(C)c(-c5ccccc5)nc4c3)nc12. The number of rotatable bonds is 2. The molecule has 5 rings (SSSR count). The number of aryl methyl sites for hydroxylation is 2. The fourth-order valence-corrected chi connectivity index (χ4v) is 3.24. The molecule has 4 heterocycles. The van der Waals surface area contributed by atoms with Crippen LogP contribution in [-0.4, -0.2) is 29.0 Å². The molecule has 5 aromatic rings. The van der Waals surface area contributed by atoms with Gasteiger partial charge in [0, 0.05) is 35.4 Å². The lowest BCUT2D eigenvalue weighted by Crippen LogP contribution is -1.91. The van der Waals surface area contributed by atoms with Gasteiger partial charge in [0.15, 0.2) is 11.5 Å². The van der Waals surface area contributed by atoms with Crippen molar-refractivity contribution in [3.8, 4) is 22.6 Å². The first-order valence-electron chi connectivity index (χ1n) is 9.43. The molecular weight excluding hydrogens is 348 g/mol. The number of aromatic nitrogens is 6. The Morgan fingerprint density at radius 1 is 0.857 bits per heavy atom. The summed E-state index contributed by atoms with van der Waals surface area (Å²) in [5.41, 5.74) is 6.66. The fraction of sp³-hybridized carbons (Fsp3) is 0.182. The second-order valence-electron chi connectivity index (χ2n) is 6.27. The number of fused-ring (bicyclic) bond motifs is 2. The Morgan fingerprint density at radius 2 is 1.64 bits per heavy atom. The molecule has 28 heavy (non-hydrogen) atoms. The Balaban J connectivity index is 0.000000932. The number of hydrogen-bond donors (Lipinski definition) is 0. The highest BCUT2D eigenvalue weighted by Gasteiger charge is 2.13. The van der Waals surface area contributed by atoms with E-state index in [-0.39, 0.29) is 0 Å². The molecule has 0 unspecified atom stereocenters. The monoisotopic (exact) mass is 370 g/mol.